The maximum atomic E-state index is 12.6. The Labute approximate surface area is 126 Å². The van der Waals surface area contributed by atoms with E-state index in [4.69, 9.17) is 16.3 Å². The average molecular weight is 308 g/mol. The van der Waals surface area contributed by atoms with Gasteiger partial charge in [0.15, 0.2) is 11.4 Å². The summed E-state index contributed by atoms with van der Waals surface area (Å²) in [6, 6.07) is 4.72. The van der Waals surface area contributed by atoms with Crippen LogP contribution in [0.15, 0.2) is 24.5 Å². The number of nitrogens with zero attached hydrogens (tertiary/aromatic N) is 2. The van der Waals surface area contributed by atoms with Gasteiger partial charge >= 0.3 is 5.97 Å². The molecule has 0 amide bonds. The van der Waals surface area contributed by atoms with Gasteiger partial charge in [0, 0.05) is 0 Å². The van der Waals surface area contributed by atoms with Crippen LogP contribution in [0.25, 0.3) is 5.69 Å². The van der Waals surface area contributed by atoms with Crippen LogP contribution in [0.5, 0.6) is 0 Å². The van der Waals surface area contributed by atoms with E-state index in [0.717, 1.165) is 0 Å². The van der Waals surface area contributed by atoms with Gasteiger partial charge in [0.2, 0.25) is 0 Å². The fraction of sp³-hybridized carbons (Fsp3) is 0.286. The third-order valence-electron chi connectivity index (χ3n) is 3.57. The Kier molecular flexibility index (Phi) is 3.44. The maximum Gasteiger partial charge on any atom is 0.359 e. The number of hydrogen-bond donors (Lipinski definition) is 1. The minimum Gasteiger partial charge on any atom is -0.628 e. The topological polar surface area (TPSA) is 71.6 Å². The van der Waals surface area contributed by atoms with Crippen molar-refractivity contribution in [3.05, 3.63) is 46.1 Å². The number of halogens is 1. The average Bonchev–Trinajstić information content (AvgIpc) is 2.90. The van der Waals surface area contributed by atoms with Gasteiger partial charge in [-0.15, -0.1) is 0 Å². The van der Waals surface area contributed by atoms with Crippen LogP contribution in [0.4, 0.5) is 5.69 Å². The second-order valence-electron chi connectivity index (χ2n) is 4.79. The van der Waals surface area contributed by atoms with E-state index in [9.17, 15) is 10.0 Å². The second-order valence-corrected chi connectivity index (χ2v) is 5.20. The van der Waals surface area contributed by atoms with Gasteiger partial charge in [-0.1, -0.05) is 17.7 Å². The molecule has 0 saturated heterocycles. The van der Waals surface area contributed by atoms with E-state index >= 15 is 0 Å². The van der Waals surface area contributed by atoms with E-state index in [0.29, 0.717) is 22.1 Å². The van der Waals surface area contributed by atoms with Crippen LogP contribution in [0.1, 0.15) is 36.1 Å². The summed E-state index contributed by atoms with van der Waals surface area (Å²) >= 11 is 6.14. The van der Waals surface area contributed by atoms with E-state index in [1.165, 1.54) is 6.33 Å². The van der Waals surface area contributed by atoms with Crippen LogP contribution in [0.2, 0.25) is 5.02 Å². The van der Waals surface area contributed by atoms with Crippen molar-refractivity contribution in [3.63, 3.8) is 0 Å². The highest BCUT2D eigenvalue weighted by Gasteiger charge is 2.35. The third kappa shape index (κ3) is 2.03. The standard InChI is InChI=1S/C14H14ClN3O3/c1-3-21-14(19)11-12-8(2)18(20)13-9(15)5-4-6-10(13)17(12)7-16-11/h4-8,18H,3H2,1-2H3. The van der Waals surface area contributed by atoms with Crippen LogP contribution < -0.4 is 5.06 Å². The fourth-order valence-electron chi connectivity index (χ4n) is 2.62. The summed E-state index contributed by atoms with van der Waals surface area (Å²) in [6.07, 6.45) is 1.53. The molecule has 1 aromatic carbocycles. The fourth-order valence-corrected chi connectivity index (χ4v) is 2.88. The molecule has 3 rings (SSSR count). The minimum absolute atomic E-state index is 0.117. The monoisotopic (exact) mass is 307 g/mol. The van der Waals surface area contributed by atoms with Crippen molar-refractivity contribution in [2.24, 2.45) is 0 Å². The van der Waals surface area contributed by atoms with Gasteiger partial charge < -0.3 is 15.0 Å². The zero-order chi connectivity index (χ0) is 15.1. The number of hydroxylamine groups is 1. The molecule has 0 bridgehead atoms. The van der Waals surface area contributed by atoms with Crippen molar-refractivity contribution in [1.29, 1.82) is 0 Å². The number of benzene rings is 1. The molecule has 2 atom stereocenters. The minimum atomic E-state index is -0.517. The first-order chi connectivity index (χ1) is 10.1. The lowest BCUT2D eigenvalue weighted by molar-refractivity contribution is -0.813. The molecule has 0 aliphatic carbocycles. The summed E-state index contributed by atoms with van der Waals surface area (Å²) in [5.41, 5.74) is 1.84. The first-order valence-corrected chi connectivity index (χ1v) is 7.01. The van der Waals surface area contributed by atoms with Crippen LogP contribution in [-0.4, -0.2) is 22.1 Å². The molecule has 0 spiro atoms. The quantitative estimate of drug-likeness (QED) is 0.678. The molecule has 0 radical (unpaired) electrons. The van der Waals surface area contributed by atoms with E-state index in [-0.39, 0.29) is 17.4 Å². The summed E-state index contributed by atoms with van der Waals surface area (Å²) in [5, 5.41) is 12.8. The predicted molar refractivity (Wildman–Crippen MR) is 76.9 cm³/mol. The first-order valence-electron chi connectivity index (χ1n) is 6.63. The molecule has 2 unspecified atom stereocenters. The Morgan fingerprint density at radius 1 is 1.57 bits per heavy atom. The van der Waals surface area contributed by atoms with E-state index in [2.05, 4.69) is 4.98 Å². The van der Waals surface area contributed by atoms with Crippen molar-refractivity contribution >= 4 is 23.3 Å². The summed E-state index contributed by atoms with van der Waals surface area (Å²) < 4.78 is 6.73. The highest BCUT2D eigenvalue weighted by Crippen LogP contribution is 2.33. The number of fused-ring (bicyclic) bond motifs is 3. The van der Waals surface area contributed by atoms with E-state index in [1.807, 2.05) is 0 Å². The number of ether oxygens (including phenoxy) is 1. The number of esters is 1. The summed E-state index contributed by atoms with van der Waals surface area (Å²) in [4.78, 5) is 16.1. The molecule has 21 heavy (non-hydrogen) atoms. The summed E-state index contributed by atoms with van der Waals surface area (Å²) in [7, 11) is 0. The number of imidazole rings is 1. The molecule has 2 heterocycles. The van der Waals surface area contributed by atoms with Crippen LogP contribution in [-0.2, 0) is 4.74 Å². The van der Waals surface area contributed by atoms with Gasteiger partial charge in [-0.25, -0.2) is 9.78 Å². The lowest BCUT2D eigenvalue weighted by atomic mass is 10.1. The Bertz CT molecular complexity index is 713. The number of aromatic nitrogens is 2. The van der Waals surface area contributed by atoms with E-state index < -0.39 is 12.0 Å². The number of para-hydroxylation sites is 1. The number of carbonyl (C=O) groups is 1. The number of carbonyl (C=O) groups excluding carboxylic acids is 1. The molecular weight excluding hydrogens is 294 g/mol. The molecule has 1 N–H and O–H groups in total. The maximum absolute atomic E-state index is 12.6. The summed E-state index contributed by atoms with van der Waals surface area (Å²) in [6.45, 7) is 3.73. The van der Waals surface area contributed by atoms with Gasteiger partial charge in [-0.3, -0.25) is 4.57 Å². The zero-order valence-electron chi connectivity index (χ0n) is 11.6. The van der Waals surface area contributed by atoms with E-state index in [1.54, 1.807) is 36.6 Å². The molecular formula is C14H14ClN3O3. The molecule has 1 aliphatic heterocycles. The highest BCUT2D eigenvalue weighted by molar-refractivity contribution is 6.33. The normalized spacial score (nSPS) is 19.8. The first kappa shape index (κ1) is 14.1. The molecule has 110 valence electrons. The molecule has 6 nitrogen and oxygen atoms in total. The third-order valence-corrected chi connectivity index (χ3v) is 3.89. The van der Waals surface area contributed by atoms with Crippen molar-refractivity contribution in [1.82, 2.24) is 9.55 Å². The Morgan fingerprint density at radius 2 is 2.33 bits per heavy atom. The highest BCUT2D eigenvalue weighted by atomic mass is 35.5. The van der Waals surface area contributed by atoms with Crippen LogP contribution >= 0.6 is 11.6 Å². The number of hydrogen-bond acceptors (Lipinski definition) is 4. The number of rotatable bonds is 2. The Balaban J connectivity index is 2.21. The van der Waals surface area contributed by atoms with Gasteiger partial charge in [0.25, 0.3) is 0 Å². The predicted octanol–water partition coefficient (Wildman–Crippen LogP) is 1.79. The lowest BCUT2D eigenvalue weighted by Crippen LogP contribution is -3.03. The summed E-state index contributed by atoms with van der Waals surface area (Å²) in [5.74, 6) is -0.517. The molecule has 2 aromatic rings. The Morgan fingerprint density at radius 3 is 3.05 bits per heavy atom. The van der Waals surface area contributed by atoms with Crippen molar-refractivity contribution in [2.75, 3.05) is 6.61 Å². The van der Waals surface area contributed by atoms with Gasteiger partial charge in [0.1, 0.15) is 28.8 Å². The number of quaternary nitrogens is 1. The lowest BCUT2D eigenvalue weighted by Gasteiger charge is -2.35. The molecule has 1 aliphatic rings. The van der Waals surface area contributed by atoms with Gasteiger partial charge in [-0.05, 0) is 26.0 Å². The molecule has 1 aromatic heterocycles. The second kappa shape index (κ2) is 5.14. The van der Waals surface area contributed by atoms with Gasteiger partial charge in [0.05, 0.1) is 6.61 Å². The van der Waals surface area contributed by atoms with Crippen molar-refractivity contribution < 1.29 is 14.6 Å². The number of nitrogens with one attached hydrogen (secondary N) is 1. The van der Waals surface area contributed by atoms with Crippen molar-refractivity contribution in [3.8, 4) is 5.69 Å². The van der Waals surface area contributed by atoms with Crippen molar-refractivity contribution in [2.45, 2.75) is 19.9 Å². The smallest absolute Gasteiger partial charge is 0.359 e. The van der Waals surface area contributed by atoms with Crippen LogP contribution in [0.3, 0.4) is 0 Å². The Hall–Kier alpha value is -1.89. The molecule has 7 heteroatoms. The largest absolute Gasteiger partial charge is 0.628 e. The van der Waals surface area contributed by atoms with Crippen LogP contribution in [0, 0.1) is 5.21 Å². The molecule has 0 saturated carbocycles. The SMILES string of the molecule is CCOC(=O)c1ncn2c1C(C)[NH+]([O-])c1c(Cl)cccc1-2. The zero-order valence-corrected chi connectivity index (χ0v) is 12.3. The van der Waals surface area contributed by atoms with Gasteiger partial charge in [-0.2, -0.15) is 0 Å². The molecule has 0 fully saturated rings.